The van der Waals surface area contributed by atoms with E-state index in [4.69, 9.17) is 4.74 Å². The minimum absolute atomic E-state index is 0.209. The van der Waals surface area contributed by atoms with Crippen LogP contribution >= 0.6 is 0 Å². The molecule has 0 spiro atoms. The van der Waals surface area contributed by atoms with Crippen molar-refractivity contribution in [2.24, 2.45) is 5.92 Å². The molecule has 7 heteroatoms. The van der Waals surface area contributed by atoms with Crippen molar-refractivity contribution in [2.75, 3.05) is 26.5 Å². The van der Waals surface area contributed by atoms with Gasteiger partial charge in [0.1, 0.15) is 5.75 Å². The van der Waals surface area contributed by atoms with Gasteiger partial charge < -0.3 is 15.0 Å². The molecule has 2 saturated heterocycles. The summed E-state index contributed by atoms with van der Waals surface area (Å²) in [7, 11) is -1.39. The van der Waals surface area contributed by atoms with E-state index in [-0.39, 0.29) is 10.8 Å². The van der Waals surface area contributed by atoms with Gasteiger partial charge in [-0.05, 0) is 56.2 Å². The number of nitrogens with one attached hydrogen (secondary N) is 1. The summed E-state index contributed by atoms with van der Waals surface area (Å²) in [5.74, 6) is 1.26. The fourth-order valence-electron chi connectivity index (χ4n) is 4.16. The lowest BCUT2D eigenvalue weighted by molar-refractivity contribution is -0.131. The second-order valence-electron chi connectivity index (χ2n) is 7.94. The summed E-state index contributed by atoms with van der Waals surface area (Å²) in [4.78, 5) is 14.5. The number of fused-ring (bicyclic) bond motifs is 2. The molecular weight excluding hydrogens is 364 g/mol. The summed E-state index contributed by atoms with van der Waals surface area (Å²) in [5, 5.41) is 3.61. The summed E-state index contributed by atoms with van der Waals surface area (Å²) >= 11 is 0. The highest BCUT2D eigenvalue weighted by atomic mass is 32.2. The van der Waals surface area contributed by atoms with Gasteiger partial charge in [-0.25, -0.2) is 8.42 Å². The number of hydrogen-bond acceptors (Lipinski definition) is 5. The molecule has 1 N–H and O–H groups in total. The Morgan fingerprint density at radius 3 is 2.63 bits per heavy atom. The van der Waals surface area contributed by atoms with Crippen LogP contribution in [0.5, 0.6) is 5.75 Å². The highest BCUT2D eigenvalue weighted by Gasteiger charge is 2.34. The Balaban J connectivity index is 1.38. The predicted octanol–water partition coefficient (Wildman–Crippen LogP) is 2.24. The van der Waals surface area contributed by atoms with E-state index in [1.54, 1.807) is 23.1 Å². The van der Waals surface area contributed by atoms with Crippen molar-refractivity contribution >= 4 is 15.7 Å². The van der Waals surface area contributed by atoms with Crippen molar-refractivity contribution in [1.82, 2.24) is 10.2 Å². The van der Waals surface area contributed by atoms with Gasteiger partial charge in [-0.3, -0.25) is 4.79 Å². The molecule has 0 aliphatic carbocycles. The Bertz CT molecular complexity index is 753. The number of hydrogen-bond donors (Lipinski definition) is 1. The Hall–Kier alpha value is -1.60. The van der Waals surface area contributed by atoms with E-state index in [1.165, 1.54) is 25.2 Å². The highest BCUT2D eigenvalue weighted by Crippen LogP contribution is 2.32. The molecule has 150 valence electrons. The number of carbonyl (C=O) groups excluding carboxylic acids is 1. The maximum atomic E-state index is 12.5. The van der Waals surface area contributed by atoms with Crippen LogP contribution in [0.4, 0.5) is 0 Å². The van der Waals surface area contributed by atoms with Crippen LogP contribution in [0.1, 0.15) is 38.5 Å². The van der Waals surface area contributed by atoms with Gasteiger partial charge in [0, 0.05) is 38.4 Å². The highest BCUT2D eigenvalue weighted by molar-refractivity contribution is 7.90. The molecule has 2 aliphatic heterocycles. The van der Waals surface area contributed by atoms with Gasteiger partial charge in [-0.1, -0.05) is 6.07 Å². The number of amides is 1. The van der Waals surface area contributed by atoms with E-state index in [9.17, 15) is 13.2 Å². The van der Waals surface area contributed by atoms with Crippen LogP contribution < -0.4 is 10.1 Å². The molecule has 6 nitrogen and oxygen atoms in total. The maximum Gasteiger partial charge on any atom is 0.222 e. The van der Waals surface area contributed by atoms with E-state index >= 15 is 0 Å². The van der Waals surface area contributed by atoms with Crippen LogP contribution in [-0.4, -0.2) is 57.8 Å². The molecular formula is C20H30N2O4S. The Morgan fingerprint density at radius 1 is 1.26 bits per heavy atom. The van der Waals surface area contributed by atoms with Crippen molar-refractivity contribution in [3.8, 4) is 5.75 Å². The predicted molar refractivity (Wildman–Crippen MR) is 105 cm³/mol. The SMILES string of the molecule is CN(CCCOc1cccc(S(C)(=O)=O)c1)C(=O)CC1CC2CCC(C1)N2. The zero-order valence-electron chi connectivity index (χ0n) is 16.2. The molecule has 2 fully saturated rings. The van der Waals surface area contributed by atoms with E-state index in [2.05, 4.69) is 5.32 Å². The smallest absolute Gasteiger partial charge is 0.222 e. The monoisotopic (exact) mass is 394 g/mol. The van der Waals surface area contributed by atoms with Gasteiger partial charge >= 0.3 is 0 Å². The molecule has 2 bridgehead atoms. The fourth-order valence-corrected chi connectivity index (χ4v) is 4.81. The zero-order chi connectivity index (χ0) is 19.4. The van der Waals surface area contributed by atoms with Crippen LogP contribution in [0.15, 0.2) is 29.2 Å². The minimum Gasteiger partial charge on any atom is -0.493 e. The van der Waals surface area contributed by atoms with Crippen molar-refractivity contribution in [3.63, 3.8) is 0 Å². The molecule has 2 unspecified atom stereocenters. The summed E-state index contributed by atoms with van der Waals surface area (Å²) in [6.45, 7) is 1.09. The van der Waals surface area contributed by atoms with Crippen molar-refractivity contribution in [3.05, 3.63) is 24.3 Å². The molecule has 0 radical (unpaired) electrons. The van der Waals surface area contributed by atoms with Gasteiger partial charge in [-0.15, -0.1) is 0 Å². The minimum atomic E-state index is -3.24. The standard InChI is InChI=1S/C20H30N2O4S/c1-22(20(23)13-15-11-16-7-8-17(12-15)21-16)9-4-10-26-18-5-3-6-19(14-18)27(2,24)25/h3,5-6,14-17,21H,4,7-13H2,1-2H3. The van der Waals surface area contributed by atoms with Gasteiger partial charge in [0.25, 0.3) is 0 Å². The second kappa shape index (κ2) is 8.61. The lowest BCUT2D eigenvalue weighted by Crippen LogP contribution is -2.40. The molecule has 3 rings (SSSR count). The molecule has 2 atom stereocenters. The number of sulfone groups is 1. The van der Waals surface area contributed by atoms with Gasteiger partial charge in [-0.2, -0.15) is 0 Å². The van der Waals surface area contributed by atoms with Gasteiger partial charge in [0.15, 0.2) is 9.84 Å². The van der Waals surface area contributed by atoms with Crippen LogP contribution in [0, 0.1) is 5.92 Å². The summed E-state index contributed by atoms with van der Waals surface area (Å²) in [5.41, 5.74) is 0. The topological polar surface area (TPSA) is 75.7 Å². The maximum absolute atomic E-state index is 12.5. The Morgan fingerprint density at radius 2 is 1.96 bits per heavy atom. The average Bonchev–Trinajstić information content (AvgIpc) is 2.96. The van der Waals surface area contributed by atoms with Crippen LogP contribution in [-0.2, 0) is 14.6 Å². The van der Waals surface area contributed by atoms with Crippen molar-refractivity contribution < 1.29 is 17.9 Å². The molecule has 1 amide bonds. The van der Waals surface area contributed by atoms with Gasteiger partial charge in [0.2, 0.25) is 5.91 Å². The first-order valence-electron chi connectivity index (χ1n) is 9.74. The van der Waals surface area contributed by atoms with Crippen LogP contribution in [0.3, 0.4) is 0 Å². The van der Waals surface area contributed by atoms with Crippen LogP contribution in [0.2, 0.25) is 0 Å². The third-order valence-corrected chi connectivity index (χ3v) is 6.71. The normalized spacial score (nSPS) is 24.6. The third kappa shape index (κ3) is 5.69. The molecule has 0 saturated carbocycles. The lowest BCUT2D eigenvalue weighted by atomic mass is 9.89. The molecule has 2 aliphatic rings. The van der Waals surface area contributed by atoms with E-state index in [0.29, 0.717) is 49.7 Å². The summed E-state index contributed by atoms with van der Waals surface area (Å²) in [6.07, 6.45) is 7.28. The molecule has 1 aromatic rings. The van der Waals surface area contributed by atoms with Crippen molar-refractivity contribution in [2.45, 2.75) is 55.5 Å². The largest absolute Gasteiger partial charge is 0.493 e. The van der Waals surface area contributed by atoms with E-state index in [1.807, 2.05) is 7.05 Å². The second-order valence-corrected chi connectivity index (χ2v) is 9.96. The first-order valence-corrected chi connectivity index (χ1v) is 11.6. The first kappa shape index (κ1) is 20.1. The zero-order valence-corrected chi connectivity index (χ0v) is 17.0. The number of nitrogens with zero attached hydrogens (tertiary/aromatic N) is 1. The quantitative estimate of drug-likeness (QED) is 0.685. The molecule has 1 aromatic carbocycles. The van der Waals surface area contributed by atoms with Crippen molar-refractivity contribution in [1.29, 1.82) is 0 Å². The number of piperidine rings is 1. The molecule has 27 heavy (non-hydrogen) atoms. The number of ether oxygens (including phenoxy) is 1. The van der Waals surface area contributed by atoms with E-state index in [0.717, 1.165) is 12.8 Å². The number of rotatable bonds is 8. The fraction of sp³-hybridized carbons (Fsp3) is 0.650. The molecule has 2 heterocycles. The lowest BCUT2D eigenvalue weighted by Gasteiger charge is -2.30. The summed E-state index contributed by atoms with van der Waals surface area (Å²) in [6, 6.07) is 7.74. The molecule has 0 aromatic heterocycles. The number of benzene rings is 1. The van der Waals surface area contributed by atoms with Crippen LogP contribution in [0.25, 0.3) is 0 Å². The first-order chi connectivity index (χ1) is 12.8. The Labute approximate surface area is 162 Å². The summed E-state index contributed by atoms with van der Waals surface area (Å²) < 4.78 is 28.8. The van der Waals surface area contributed by atoms with E-state index < -0.39 is 9.84 Å². The van der Waals surface area contributed by atoms with Gasteiger partial charge in [0.05, 0.1) is 11.5 Å². The third-order valence-electron chi connectivity index (χ3n) is 5.60. The number of carbonyl (C=O) groups is 1. The Kier molecular flexibility index (Phi) is 6.42. The average molecular weight is 395 g/mol.